The van der Waals surface area contributed by atoms with Crippen LogP contribution in [0, 0.1) is 17.8 Å². The SMILES string of the molecule is COC(=O)C1CCC2C(C1)OC1(C[C@H](OC(=O)/C=C/c3ccccc3)[C@H](C)CO1)C21CO1. The molecule has 5 unspecified atom stereocenters. The Morgan fingerprint density at radius 2 is 1.94 bits per heavy atom. The summed E-state index contributed by atoms with van der Waals surface area (Å²) in [7, 11) is 1.42. The number of carbonyl (C=O) groups is 2. The first-order chi connectivity index (χ1) is 15.5. The molecule has 5 rings (SSSR count). The number of ether oxygens (including phenoxy) is 5. The van der Waals surface area contributed by atoms with Gasteiger partial charge in [-0.1, -0.05) is 37.3 Å². The molecule has 1 saturated carbocycles. The van der Waals surface area contributed by atoms with E-state index in [2.05, 4.69) is 0 Å². The lowest BCUT2D eigenvalue weighted by Crippen LogP contribution is -2.55. The van der Waals surface area contributed by atoms with E-state index in [-0.39, 0.29) is 41.9 Å². The number of rotatable bonds is 4. The van der Waals surface area contributed by atoms with Crippen molar-refractivity contribution in [3.8, 4) is 0 Å². The van der Waals surface area contributed by atoms with Crippen molar-refractivity contribution in [2.45, 2.75) is 56.2 Å². The second kappa shape index (κ2) is 8.28. The smallest absolute Gasteiger partial charge is 0.331 e. The van der Waals surface area contributed by atoms with Crippen molar-refractivity contribution in [1.29, 1.82) is 0 Å². The van der Waals surface area contributed by atoms with Crippen molar-refractivity contribution >= 4 is 18.0 Å². The van der Waals surface area contributed by atoms with E-state index in [1.54, 1.807) is 6.08 Å². The van der Waals surface area contributed by atoms with Gasteiger partial charge in [-0.15, -0.1) is 0 Å². The highest BCUT2D eigenvalue weighted by atomic mass is 16.8. The molecule has 2 spiro atoms. The highest BCUT2D eigenvalue weighted by Crippen LogP contribution is 2.62. The molecule has 7 heteroatoms. The van der Waals surface area contributed by atoms with Gasteiger partial charge in [0.25, 0.3) is 0 Å². The van der Waals surface area contributed by atoms with Crippen LogP contribution in [0.15, 0.2) is 36.4 Å². The summed E-state index contributed by atoms with van der Waals surface area (Å²) in [5, 5.41) is 0. The van der Waals surface area contributed by atoms with E-state index in [4.69, 9.17) is 23.7 Å². The van der Waals surface area contributed by atoms with Gasteiger partial charge >= 0.3 is 11.9 Å². The molecular weight excluding hydrogens is 412 g/mol. The minimum Gasteiger partial charge on any atom is -0.469 e. The van der Waals surface area contributed by atoms with Gasteiger partial charge in [0.05, 0.1) is 32.3 Å². The maximum absolute atomic E-state index is 12.5. The fraction of sp³-hybridized carbons (Fsp3) is 0.600. The Morgan fingerprint density at radius 1 is 1.16 bits per heavy atom. The predicted molar refractivity (Wildman–Crippen MR) is 114 cm³/mol. The third-order valence-electron chi connectivity index (χ3n) is 7.53. The number of fused-ring (bicyclic) bond motifs is 3. The number of methoxy groups -OCH3 is 1. The van der Waals surface area contributed by atoms with Crippen LogP contribution in [0.25, 0.3) is 6.08 Å². The summed E-state index contributed by atoms with van der Waals surface area (Å²) in [5.74, 6) is -1.45. The lowest BCUT2D eigenvalue weighted by molar-refractivity contribution is -0.293. The van der Waals surface area contributed by atoms with Crippen LogP contribution < -0.4 is 0 Å². The molecule has 3 heterocycles. The van der Waals surface area contributed by atoms with Gasteiger partial charge in [0.1, 0.15) is 6.10 Å². The van der Waals surface area contributed by atoms with Crippen LogP contribution in [0.5, 0.6) is 0 Å². The number of hydrogen-bond donors (Lipinski definition) is 0. The van der Waals surface area contributed by atoms with Gasteiger partial charge in [0.15, 0.2) is 5.60 Å². The fourth-order valence-corrected chi connectivity index (χ4v) is 5.66. The van der Waals surface area contributed by atoms with Gasteiger partial charge in [0.2, 0.25) is 5.79 Å². The van der Waals surface area contributed by atoms with Gasteiger partial charge in [-0.25, -0.2) is 4.79 Å². The summed E-state index contributed by atoms with van der Waals surface area (Å²) in [6.45, 7) is 3.01. The molecule has 7 atom stereocenters. The molecule has 3 aliphatic heterocycles. The van der Waals surface area contributed by atoms with Gasteiger partial charge in [0, 0.05) is 24.3 Å². The normalized spacial score (nSPS) is 40.4. The molecular formula is C25H30O7. The second-order valence-corrected chi connectivity index (χ2v) is 9.44. The number of carbonyl (C=O) groups excluding carboxylic acids is 2. The summed E-state index contributed by atoms with van der Waals surface area (Å²) in [6, 6.07) is 9.64. The predicted octanol–water partition coefficient (Wildman–Crippen LogP) is 3.12. The molecule has 1 aromatic carbocycles. The molecule has 0 bridgehead atoms. The lowest BCUT2D eigenvalue weighted by Gasteiger charge is -2.42. The van der Waals surface area contributed by atoms with E-state index < -0.39 is 11.4 Å². The van der Waals surface area contributed by atoms with E-state index in [9.17, 15) is 9.59 Å². The molecule has 4 aliphatic rings. The Kier molecular flexibility index (Phi) is 5.60. The number of epoxide rings is 1. The molecule has 0 radical (unpaired) electrons. The van der Waals surface area contributed by atoms with E-state index in [0.717, 1.165) is 18.4 Å². The van der Waals surface area contributed by atoms with Crippen molar-refractivity contribution in [2.75, 3.05) is 20.3 Å². The van der Waals surface area contributed by atoms with Crippen molar-refractivity contribution < 1.29 is 33.3 Å². The van der Waals surface area contributed by atoms with Crippen LogP contribution in [0.1, 0.15) is 38.2 Å². The number of esters is 2. The lowest BCUT2D eigenvalue weighted by atomic mass is 9.72. The first-order valence-corrected chi connectivity index (χ1v) is 11.4. The summed E-state index contributed by atoms with van der Waals surface area (Å²) in [5.41, 5.74) is 0.429. The molecule has 0 N–H and O–H groups in total. The molecule has 32 heavy (non-hydrogen) atoms. The Morgan fingerprint density at radius 3 is 2.66 bits per heavy atom. The molecule has 4 fully saturated rings. The monoisotopic (exact) mass is 442 g/mol. The average Bonchev–Trinajstić information content (AvgIpc) is 3.58. The first kappa shape index (κ1) is 21.6. The summed E-state index contributed by atoms with van der Waals surface area (Å²) in [6.07, 6.45) is 5.37. The third kappa shape index (κ3) is 3.66. The van der Waals surface area contributed by atoms with Crippen molar-refractivity contribution in [3.05, 3.63) is 42.0 Å². The summed E-state index contributed by atoms with van der Waals surface area (Å²) < 4.78 is 29.6. The Hall–Kier alpha value is -2.22. The largest absolute Gasteiger partial charge is 0.469 e. The zero-order valence-corrected chi connectivity index (χ0v) is 18.5. The Labute approximate surface area is 188 Å². The zero-order valence-electron chi connectivity index (χ0n) is 18.5. The number of benzene rings is 1. The van der Waals surface area contributed by atoms with Crippen molar-refractivity contribution in [1.82, 2.24) is 0 Å². The zero-order chi connectivity index (χ0) is 22.3. The minimum atomic E-state index is -0.937. The van der Waals surface area contributed by atoms with Crippen molar-refractivity contribution in [2.24, 2.45) is 17.8 Å². The van der Waals surface area contributed by atoms with Crippen LogP contribution in [0.3, 0.4) is 0 Å². The molecule has 0 aromatic heterocycles. The summed E-state index contributed by atoms with van der Waals surface area (Å²) in [4.78, 5) is 24.6. The maximum Gasteiger partial charge on any atom is 0.331 e. The molecule has 1 aliphatic carbocycles. The highest BCUT2D eigenvalue weighted by Gasteiger charge is 2.76. The maximum atomic E-state index is 12.5. The molecule has 3 saturated heterocycles. The van der Waals surface area contributed by atoms with Crippen LogP contribution >= 0.6 is 0 Å². The first-order valence-electron chi connectivity index (χ1n) is 11.4. The standard InChI is InChI=1S/C25H30O7/c1-16-14-29-25(13-21(16)31-22(26)11-8-17-6-4-3-5-7-17)24(15-30-24)19-10-9-18(23(27)28-2)12-20(19)32-25/h3-8,11,16,18-21H,9-10,12-15H2,1-2H3/b11-8+/t16-,18?,19?,20?,21+,24?,25?/m1/s1. The average molecular weight is 443 g/mol. The van der Waals surface area contributed by atoms with Crippen LogP contribution in [-0.2, 0) is 33.3 Å². The second-order valence-electron chi connectivity index (χ2n) is 9.44. The van der Waals surface area contributed by atoms with Gasteiger partial charge in [-0.3, -0.25) is 4.79 Å². The number of hydrogen-bond acceptors (Lipinski definition) is 7. The Bertz CT molecular complexity index is 893. The van der Waals surface area contributed by atoms with E-state index >= 15 is 0 Å². The summed E-state index contributed by atoms with van der Waals surface area (Å²) >= 11 is 0. The van der Waals surface area contributed by atoms with Gasteiger partial charge in [-0.05, 0) is 30.9 Å². The third-order valence-corrected chi connectivity index (χ3v) is 7.53. The Balaban J connectivity index is 1.29. The van der Waals surface area contributed by atoms with Gasteiger partial charge < -0.3 is 23.7 Å². The molecule has 1 aromatic rings. The minimum absolute atomic E-state index is 0.0412. The van der Waals surface area contributed by atoms with Crippen molar-refractivity contribution in [3.63, 3.8) is 0 Å². The molecule has 0 amide bonds. The van der Waals surface area contributed by atoms with Crippen LogP contribution in [0.4, 0.5) is 0 Å². The molecule has 7 nitrogen and oxygen atoms in total. The fourth-order valence-electron chi connectivity index (χ4n) is 5.66. The van der Waals surface area contributed by atoms with E-state index in [0.29, 0.717) is 26.1 Å². The van der Waals surface area contributed by atoms with E-state index in [1.807, 2.05) is 37.3 Å². The van der Waals surface area contributed by atoms with Crippen LogP contribution in [0.2, 0.25) is 0 Å². The van der Waals surface area contributed by atoms with Gasteiger partial charge in [-0.2, -0.15) is 0 Å². The van der Waals surface area contributed by atoms with E-state index in [1.165, 1.54) is 13.2 Å². The highest BCUT2D eigenvalue weighted by molar-refractivity contribution is 5.87. The van der Waals surface area contributed by atoms with Crippen LogP contribution in [-0.4, -0.2) is 55.9 Å². The quantitative estimate of drug-likeness (QED) is 0.402. The topological polar surface area (TPSA) is 83.6 Å². The molecule has 172 valence electrons.